The lowest BCUT2D eigenvalue weighted by atomic mass is 10.0. The summed E-state index contributed by atoms with van der Waals surface area (Å²) >= 11 is 0. The monoisotopic (exact) mass is 665 g/mol. The normalized spacial score (nSPS) is 10.9. The molecular formula is C43H84O4. The number of unbranched alkanes of at least 4 members (excludes halogenated alkanes) is 32. The summed E-state index contributed by atoms with van der Waals surface area (Å²) in [5.74, 6) is -0.735. The fourth-order valence-corrected chi connectivity index (χ4v) is 6.22. The zero-order valence-electron chi connectivity index (χ0n) is 32.1. The highest BCUT2D eigenvalue weighted by atomic mass is 16.5. The molecule has 0 aliphatic rings. The number of ether oxygens (including phenoxy) is 1. The maximum atomic E-state index is 11.3. The summed E-state index contributed by atoms with van der Waals surface area (Å²) in [5.41, 5.74) is 0. The van der Waals surface area contributed by atoms with Gasteiger partial charge < -0.3 is 9.84 Å². The van der Waals surface area contributed by atoms with E-state index in [0.29, 0.717) is 19.4 Å². The van der Waals surface area contributed by atoms with Crippen LogP contribution in [0.1, 0.15) is 245 Å². The topological polar surface area (TPSA) is 63.6 Å². The van der Waals surface area contributed by atoms with Crippen molar-refractivity contribution in [3.8, 4) is 0 Å². The Morgan fingerprint density at radius 1 is 0.426 bits per heavy atom. The molecule has 0 unspecified atom stereocenters. The van der Waals surface area contributed by atoms with E-state index in [1.807, 2.05) is 0 Å². The molecule has 0 atom stereocenters. The molecule has 0 fully saturated rings. The van der Waals surface area contributed by atoms with Crippen LogP contribution in [0, 0.1) is 0 Å². The SMILES string of the molecule is C=CCOC(=O)CCCCCCCCCCCCCCCCC.CCCCCCCCCCCCCCCCCCCCCC(=O)O. The average molecular weight is 665 g/mol. The number of hydrogen-bond acceptors (Lipinski definition) is 3. The summed E-state index contributed by atoms with van der Waals surface area (Å²) < 4.78 is 4.95. The van der Waals surface area contributed by atoms with Crippen LogP contribution in [0.25, 0.3) is 0 Å². The summed E-state index contributed by atoms with van der Waals surface area (Å²) in [5, 5.41) is 8.56. The third-order valence-electron chi connectivity index (χ3n) is 9.34. The van der Waals surface area contributed by atoms with Crippen LogP contribution in [0.4, 0.5) is 0 Å². The van der Waals surface area contributed by atoms with Gasteiger partial charge >= 0.3 is 11.9 Å². The molecule has 0 spiro atoms. The molecule has 0 aromatic heterocycles. The van der Waals surface area contributed by atoms with E-state index in [-0.39, 0.29) is 5.97 Å². The molecule has 0 aliphatic heterocycles. The first-order valence-electron chi connectivity index (χ1n) is 21.1. The summed E-state index contributed by atoms with van der Waals surface area (Å²) in [7, 11) is 0. The van der Waals surface area contributed by atoms with Gasteiger partial charge in [0.2, 0.25) is 0 Å². The van der Waals surface area contributed by atoms with Crippen molar-refractivity contribution in [3.63, 3.8) is 0 Å². The molecule has 0 radical (unpaired) electrons. The van der Waals surface area contributed by atoms with Crippen LogP contribution in [0.2, 0.25) is 0 Å². The molecule has 0 aromatic carbocycles. The van der Waals surface area contributed by atoms with Crippen LogP contribution in [-0.2, 0) is 14.3 Å². The van der Waals surface area contributed by atoms with Crippen molar-refractivity contribution in [3.05, 3.63) is 12.7 Å². The van der Waals surface area contributed by atoms with Crippen LogP contribution < -0.4 is 0 Å². The van der Waals surface area contributed by atoms with Crippen molar-refractivity contribution in [1.82, 2.24) is 0 Å². The molecule has 0 amide bonds. The predicted octanol–water partition coefficient (Wildman–Crippen LogP) is 14.9. The quantitative estimate of drug-likeness (QED) is 0.0405. The van der Waals surface area contributed by atoms with Gasteiger partial charge in [0.25, 0.3) is 0 Å². The standard InChI is InChI=1S/C22H44O2.C21H40O2/c1-2-3-4-5-6-7-8-9-10-11-12-13-14-15-16-17-18-19-20-21-22(23)24;1-3-5-6-7-8-9-10-11-12-13-14-15-16-17-18-19-21(22)23-20-4-2/h2-21H2,1H3,(H,23,24);4H,2-3,5-20H2,1H3. The van der Waals surface area contributed by atoms with Crippen LogP contribution in [0.5, 0.6) is 0 Å². The lowest BCUT2D eigenvalue weighted by Gasteiger charge is -2.04. The Morgan fingerprint density at radius 2 is 0.660 bits per heavy atom. The van der Waals surface area contributed by atoms with E-state index in [1.54, 1.807) is 6.08 Å². The zero-order valence-corrected chi connectivity index (χ0v) is 32.1. The van der Waals surface area contributed by atoms with E-state index in [1.165, 1.54) is 193 Å². The first-order chi connectivity index (χ1) is 23.1. The van der Waals surface area contributed by atoms with E-state index in [2.05, 4.69) is 20.4 Å². The first-order valence-corrected chi connectivity index (χ1v) is 21.1. The van der Waals surface area contributed by atoms with Gasteiger partial charge in [-0.15, -0.1) is 0 Å². The Hall–Kier alpha value is -1.32. The Balaban J connectivity index is 0. The molecule has 0 aromatic rings. The van der Waals surface area contributed by atoms with Gasteiger partial charge in [0.15, 0.2) is 0 Å². The lowest BCUT2D eigenvalue weighted by Crippen LogP contribution is -2.03. The maximum absolute atomic E-state index is 11.3. The second kappa shape index (κ2) is 44.7. The highest BCUT2D eigenvalue weighted by Crippen LogP contribution is 2.16. The number of aliphatic carboxylic acids is 1. The molecule has 0 bridgehead atoms. The molecule has 0 saturated heterocycles. The zero-order chi connectivity index (χ0) is 34.7. The van der Waals surface area contributed by atoms with Gasteiger partial charge in [0.05, 0.1) is 0 Å². The number of carboxylic acid groups (broad SMARTS) is 1. The third-order valence-corrected chi connectivity index (χ3v) is 9.34. The Bertz CT molecular complexity index is 617. The summed E-state index contributed by atoms with van der Waals surface area (Å²) in [4.78, 5) is 21.6. The van der Waals surface area contributed by atoms with E-state index in [9.17, 15) is 9.59 Å². The highest BCUT2D eigenvalue weighted by molar-refractivity contribution is 5.69. The van der Waals surface area contributed by atoms with Crippen molar-refractivity contribution < 1.29 is 19.4 Å². The van der Waals surface area contributed by atoms with Crippen molar-refractivity contribution >= 4 is 11.9 Å². The summed E-state index contributed by atoms with van der Waals surface area (Å²) in [6, 6.07) is 0. The van der Waals surface area contributed by atoms with E-state index >= 15 is 0 Å². The van der Waals surface area contributed by atoms with Crippen molar-refractivity contribution in [2.24, 2.45) is 0 Å². The number of rotatable bonds is 38. The average Bonchev–Trinajstić information content (AvgIpc) is 3.06. The fourth-order valence-electron chi connectivity index (χ4n) is 6.22. The van der Waals surface area contributed by atoms with E-state index < -0.39 is 5.97 Å². The lowest BCUT2D eigenvalue weighted by molar-refractivity contribution is -0.142. The molecule has 0 heterocycles. The highest BCUT2D eigenvalue weighted by Gasteiger charge is 2.01. The summed E-state index contributed by atoms with van der Waals surface area (Å²) in [6.45, 7) is 8.44. The van der Waals surface area contributed by atoms with Crippen molar-refractivity contribution in [1.29, 1.82) is 0 Å². The van der Waals surface area contributed by atoms with Gasteiger partial charge in [-0.25, -0.2) is 0 Å². The maximum Gasteiger partial charge on any atom is 0.306 e. The Labute approximate surface area is 295 Å². The number of carboxylic acids is 1. The fraction of sp³-hybridized carbons (Fsp3) is 0.907. The molecule has 47 heavy (non-hydrogen) atoms. The predicted molar refractivity (Wildman–Crippen MR) is 206 cm³/mol. The van der Waals surface area contributed by atoms with Gasteiger partial charge in [-0.3, -0.25) is 9.59 Å². The third kappa shape index (κ3) is 49.2. The van der Waals surface area contributed by atoms with Crippen molar-refractivity contribution in [2.75, 3.05) is 6.61 Å². The molecule has 4 nitrogen and oxygen atoms in total. The number of esters is 1. The smallest absolute Gasteiger partial charge is 0.306 e. The summed E-state index contributed by atoms with van der Waals surface area (Å²) in [6.07, 6.45) is 48.5. The number of carbonyl (C=O) groups excluding carboxylic acids is 1. The number of carbonyl (C=O) groups is 2. The Morgan fingerprint density at radius 3 is 0.894 bits per heavy atom. The molecule has 4 heteroatoms. The van der Waals surface area contributed by atoms with E-state index in [0.717, 1.165) is 25.7 Å². The van der Waals surface area contributed by atoms with Crippen LogP contribution in [-0.4, -0.2) is 23.7 Å². The molecule has 280 valence electrons. The second-order valence-electron chi connectivity index (χ2n) is 14.2. The van der Waals surface area contributed by atoms with Crippen molar-refractivity contribution in [2.45, 2.75) is 245 Å². The molecule has 0 saturated carbocycles. The van der Waals surface area contributed by atoms with Crippen LogP contribution >= 0.6 is 0 Å². The minimum absolute atomic E-state index is 0.0837. The van der Waals surface area contributed by atoms with Gasteiger partial charge in [-0.2, -0.15) is 0 Å². The molecule has 0 aliphatic carbocycles. The number of hydrogen-bond donors (Lipinski definition) is 1. The second-order valence-corrected chi connectivity index (χ2v) is 14.2. The van der Waals surface area contributed by atoms with Gasteiger partial charge in [0, 0.05) is 12.8 Å². The van der Waals surface area contributed by atoms with Crippen LogP contribution in [0.3, 0.4) is 0 Å². The van der Waals surface area contributed by atoms with Crippen LogP contribution in [0.15, 0.2) is 12.7 Å². The van der Waals surface area contributed by atoms with Gasteiger partial charge in [-0.05, 0) is 12.8 Å². The minimum atomic E-state index is -0.651. The minimum Gasteiger partial charge on any atom is -0.481 e. The largest absolute Gasteiger partial charge is 0.481 e. The Kier molecular flexibility index (Phi) is 45.4. The molecular weight excluding hydrogens is 580 g/mol. The first kappa shape index (κ1) is 47.8. The van der Waals surface area contributed by atoms with Gasteiger partial charge in [-0.1, -0.05) is 232 Å². The van der Waals surface area contributed by atoms with Gasteiger partial charge in [0.1, 0.15) is 6.61 Å². The molecule has 1 N–H and O–H groups in total. The van der Waals surface area contributed by atoms with E-state index in [4.69, 9.17) is 9.84 Å². The molecule has 0 rings (SSSR count).